The molecular weight excluding hydrogens is 80.3 g/mol. The van der Waals surface area contributed by atoms with Crippen LogP contribution in [0.1, 0.15) is 0 Å². The third-order valence-electron chi connectivity index (χ3n) is 0. The highest BCUT2D eigenvalue weighted by molar-refractivity contribution is 5.75. The first-order chi connectivity index (χ1) is 2.00. The molecule has 0 rings (SSSR count). The van der Waals surface area contributed by atoms with E-state index in [2.05, 4.69) is 0 Å². The van der Waals surface area contributed by atoms with Crippen LogP contribution in [0.3, 0.4) is 0 Å². The van der Waals surface area contributed by atoms with Crippen LogP contribution in [-0.2, 0) is 0 Å². The van der Waals surface area contributed by atoms with Gasteiger partial charge in [-0.05, 0) is 0 Å². The lowest BCUT2D eigenvalue weighted by atomic mass is 11.8. The molecule has 0 unspecified atom stereocenters. The molecule has 0 atom stereocenters. The van der Waals surface area contributed by atoms with Gasteiger partial charge >= 0.3 is 0 Å². The molecule has 0 aromatic carbocycles. The molecule has 5 heavy (non-hydrogen) atoms. The summed E-state index contributed by atoms with van der Waals surface area (Å²) in [6.45, 7) is 0. The van der Waals surface area contributed by atoms with E-state index >= 15 is 0 Å². The minimum atomic E-state index is 0. The summed E-state index contributed by atoms with van der Waals surface area (Å²) in [5.74, 6) is 0. The van der Waals surface area contributed by atoms with Gasteiger partial charge in [0.1, 0.15) is 0 Å². The number of rotatable bonds is 0. The van der Waals surface area contributed by atoms with Gasteiger partial charge in [0.25, 0.3) is 0 Å². The summed E-state index contributed by atoms with van der Waals surface area (Å²) in [6, 6.07) is 0. The number of hydrogen-bond donors (Lipinski definition) is 2. The number of aliphatic hydroxyl groups excluding tert-OH is 2. The van der Waals surface area contributed by atoms with Crippen molar-refractivity contribution in [2.24, 2.45) is 0 Å². The lowest BCUT2D eigenvalue weighted by Gasteiger charge is -1.21. The van der Waals surface area contributed by atoms with Gasteiger partial charge in [0, 0.05) is 37.3 Å². The van der Waals surface area contributed by atoms with Crippen molar-refractivity contribution >= 4 is 23.1 Å². The molecule has 0 saturated heterocycles. The van der Waals surface area contributed by atoms with Crippen molar-refractivity contribution in [2.75, 3.05) is 14.2 Å². The van der Waals surface area contributed by atoms with Crippen LogP contribution < -0.4 is 0 Å². The first kappa shape index (κ1) is 17.3. The van der Waals surface area contributed by atoms with Crippen LogP contribution in [-0.4, -0.2) is 47.5 Å². The minimum Gasteiger partial charge on any atom is -0.400 e. The summed E-state index contributed by atoms with van der Waals surface area (Å²) >= 11 is 0. The summed E-state index contributed by atoms with van der Waals surface area (Å²) < 4.78 is 0. The zero-order valence-corrected chi connectivity index (χ0v) is 5.02. The molecule has 0 fully saturated rings. The molecule has 0 aliphatic rings. The highest BCUT2D eigenvalue weighted by Gasteiger charge is 0.841. The third-order valence-corrected chi connectivity index (χ3v) is 0. The summed E-state index contributed by atoms with van der Waals surface area (Å²) in [7, 11) is 2.00. The van der Waals surface area contributed by atoms with E-state index in [0.29, 0.717) is 0 Å². The van der Waals surface area contributed by atoms with E-state index in [-0.39, 0.29) is 23.1 Å². The lowest BCUT2D eigenvalue weighted by Crippen LogP contribution is -1.25. The topological polar surface area (TPSA) is 40.5 Å². The van der Waals surface area contributed by atoms with E-state index in [1.54, 1.807) is 0 Å². The summed E-state index contributed by atoms with van der Waals surface area (Å²) in [6.07, 6.45) is 0. The Bertz CT molecular complexity index is 7.61. The van der Waals surface area contributed by atoms with Crippen molar-refractivity contribution < 1.29 is 10.2 Å². The maximum absolute atomic E-state index is 7.00. The average Bonchev–Trinajstić information content (AvgIpc) is 1.50. The molecule has 0 aromatic rings. The van der Waals surface area contributed by atoms with Crippen LogP contribution in [0, 0.1) is 0 Å². The second-order valence-electron chi connectivity index (χ2n) is 0. The molecule has 30 valence electrons. The van der Waals surface area contributed by atoms with Crippen LogP contribution in [0.4, 0.5) is 0 Å². The zero-order chi connectivity index (χ0) is 4.00. The van der Waals surface area contributed by atoms with Crippen molar-refractivity contribution in [3.8, 4) is 0 Å². The Kier molecular flexibility index (Phi) is 468. The van der Waals surface area contributed by atoms with Crippen LogP contribution in [0.2, 0.25) is 0 Å². The second-order valence-corrected chi connectivity index (χ2v) is 0. The summed E-state index contributed by atoms with van der Waals surface area (Å²) in [5, 5.41) is 14.0. The van der Waals surface area contributed by atoms with Crippen molar-refractivity contribution in [3.63, 3.8) is 0 Å². The van der Waals surface area contributed by atoms with Crippen LogP contribution in [0.25, 0.3) is 0 Å². The molecule has 0 saturated carbocycles. The molecule has 2 nitrogen and oxygen atoms in total. The van der Waals surface area contributed by atoms with Crippen molar-refractivity contribution in [3.05, 3.63) is 0 Å². The van der Waals surface area contributed by atoms with Gasteiger partial charge in [-0.15, -0.1) is 0 Å². The van der Waals surface area contributed by atoms with E-state index in [9.17, 15) is 0 Å². The minimum absolute atomic E-state index is 0. The Morgan fingerprint density at radius 1 is 0.800 bits per heavy atom. The highest BCUT2D eigenvalue weighted by Crippen LogP contribution is 0.757. The van der Waals surface area contributed by atoms with Gasteiger partial charge in [-0.25, -0.2) is 0 Å². The average molecular weight is 88.4 g/mol. The summed E-state index contributed by atoms with van der Waals surface area (Å²) in [4.78, 5) is 0. The zero-order valence-electron chi connectivity index (χ0n) is 3.60. The van der Waals surface area contributed by atoms with E-state index in [4.69, 9.17) is 10.2 Å². The highest BCUT2D eigenvalue weighted by atomic mass is 24.3. The predicted molar refractivity (Wildman–Crippen MR) is 22.0 cm³/mol. The molecular formula is C2H8MgO2. The predicted octanol–water partition coefficient (Wildman–Crippen LogP) is -1.16. The lowest BCUT2D eigenvalue weighted by molar-refractivity contribution is 0.399. The number of aliphatic hydroxyl groups is 2. The van der Waals surface area contributed by atoms with E-state index in [1.165, 1.54) is 0 Å². The Labute approximate surface area is 48.0 Å². The molecule has 0 bridgehead atoms. The first-order valence-electron chi connectivity index (χ1n) is 0.894. The summed E-state index contributed by atoms with van der Waals surface area (Å²) in [5.41, 5.74) is 0. The van der Waals surface area contributed by atoms with Crippen molar-refractivity contribution in [1.29, 1.82) is 0 Å². The van der Waals surface area contributed by atoms with Gasteiger partial charge in [0.05, 0.1) is 0 Å². The molecule has 2 radical (unpaired) electrons. The quantitative estimate of drug-likeness (QED) is 0.367. The Balaban J connectivity index is -0.0000000133. The van der Waals surface area contributed by atoms with E-state index in [0.717, 1.165) is 14.2 Å². The normalized spacial score (nSPS) is 2.40. The Morgan fingerprint density at radius 2 is 0.800 bits per heavy atom. The van der Waals surface area contributed by atoms with Crippen molar-refractivity contribution in [1.82, 2.24) is 0 Å². The van der Waals surface area contributed by atoms with Crippen LogP contribution in [0.15, 0.2) is 0 Å². The van der Waals surface area contributed by atoms with E-state index < -0.39 is 0 Å². The molecule has 0 amide bonds. The fourth-order valence-corrected chi connectivity index (χ4v) is 0. The van der Waals surface area contributed by atoms with Gasteiger partial charge in [0.15, 0.2) is 0 Å². The molecule has 3 heteroatoms. The van der Waals surface area contributed by atoms with Crippen molar-refractivity contribution in [2.45, 2.75) is 0 Å². The maximum atomic E-state index is 7.00. The standard InChI is InChI=1S/2CH4O.Mg/c2*1-2;/h2*2H,1H3;. The smallest absolute Gasteiger partial charge is 0.0319 e. The second kappa shape index (κ2) is 135. The van der Waals surface area contributed by atoms with Gasteiger partial charge < -0.3 is 10.2 Å². The number of hydrogen-bond acceptors (Lipinski definition) is 2. The molecule has 0 spiro atoms. The van der Waals surface area contributed by atoms with Gasteiger partial charge in [0.2, 0.25) is 0 Å². The fraction of sp³-hybridized carbons (Fsp3) is 1.00. The molecule has 0 aromatic heterocycles. The molecule has 0 aliphatic carbocycles. The largest absolute Gasteiger partial charge is 0.400 e. The Morgan fingerprint density at radius 3 is 0.800 bits per heavy atom. The van der Waals surface area contributed by atoms with Crippen LogP contribution in [0.5, 0.6) is 0 Å². The fourth-order valence-electron chi connectivity index (χ4n) is 0. The van der Waals surface area contributed by atoms with E-state index in [1.807, 2.05) is 0 Å². The third kappa shape index (κ3) is 71.8. The molecule has 2 N–H and O–H groups in total. The molecule has 0 aliphatic heterocycles. The Hall–Kier alpha value is 0.686. The van der Waals surface area contributed by atoms with Crippen LogP contribution >= 0.6 is 0 Å². The molecule has 0 heterocycles. The van der Waals surface area contributed by atoms with Gasteiger partial charge in [-0.1, -0.05) is 0 Å². The van der Waals surface area contributed by atoms with Gasteiger partial charge in [-0.3, -0.25) is 0 Å². The first-order valence-corrected chi connectivity index (χ1v) is 0.894. The monoisotopic (exact) mass is 88.0 g/mol. The van der Waals surface area contributed by atoms with Gasteiger partial charge in [-0.2, -0.15) is 0 Å². The maximum Gasteiger partial charge on any atom is 0.0319 e. The SMILES string of the molecule is CO.CO.[Mg].